The van der Waals surface area contributed by atoms with Crippen molar-refractivity contribution >= 4 is 24.3 Å². The summed E-state index contributed by atoms with van der Waals surface area (Å²) < 4.78 is 16.5. The van der Waals surface area contributed by atoms with Crippen LogP contribution >= 0.6 is 0 Å². The molecule has 0 aliphatic carbocycles. The smallest absolute Gasteiger partial charge is 0.498 e. The number of fused-ring (bicyclic) bond motifs is 1. The number of nitrogens with zero attached hydrogens (tertiary/aromatic N) is 1. The minimum atomic E-state index is -2.05. The zero-order valence-electron chi connectivity index (χ0n) is 12.9. The van der Waals surface area contributed by atoms with Gasteiger partial charge in [0.15, 0.2) is 5.88 Å². The fourth-order valence-electron chi connectivity index (χ4n) is 1.99. The first-order chi connectivity index (χ1) is 10.2. The molecule has 118 valence electrons. The van der Waals surface area contributed by atoms with E-state index >= 15 is 0 Å². The van der Waals surface area contributed by atoms with Crippen molar-refractivity contribution < 1.29 is 29.0 Å². The quantitative estimate of drug-likeness (QED) is 0.840. The zero-order valence-corrected chi connectivity index (χ0v) is 12.9. The molecule has 2 N–H and O–H groups in total. The van der Waals surface area contributed by atoms with E-state index in [-0.39, 0.29) is 5.88 Å². The second kappa shape index (κ2) is 5.90. The van der Waals surface area contributed by atoms with Crippen LogP contribution in [0.4, 0.5) is 4.79 Å². The van der Waals surface area contributed by atoms with E-state index in [1.165, 1.54) is 13.2 Å². The molecule has 0 spiro atoms. The van der Waals surface area contributed by atoms with Crippen molar-refractivity contribution in [1.82, 2.24) is 4.57 Å². The number of rotatable bonds is 3. The van der Waals surface area contributed by atoms with Gasteiger partial charge in [-0.1, -0.05) is 0 Å². The van der Waals surface area contributed by atoms with Gasteiger partial charge in [-0.2, -0.15) is 0 Å². The molecule has 1 aromatic heterocycles. The Bertz CT molecular complexity index is 688. The van der Waals surface area contributed by atoms with Crippen LogP contribution in [-0.2, 0) is 4.74 Å². The Kier molecular flexibility index (Phi) is 4.34. The maximum Gasteiger partial charge on any atom is 0.708 e. The van der Waals surface area contributed by atoms with Crippen molar-refractivity contribution in [3.63, 3.8) is 0 Å². The van der Waals surface area contributed by atoms with Crippen LogP contribution in [-0.4, -0.2) is 40.7 Å². The van der Waals surface area contributed by atoms with Gasteiger partial charge in [-0.05, 0) is 39.0 Å². The van der Waals surface area contributed by atoms with Crippen LogP contribution in [0.15, 0.2) is 24.3 Å². The maximum atomic E-state index is 12.4. The van der Waals surface area contributed by atoms with E-state index in [1.54, 1.807) is 39.0 Å². The molecule has 0 amide bonds. The summed E-state index contributed by atoms with van der Waals surface area (Å²) in [5, 5.41) is 18.7. The highest BCUT2D eigenvalue weighted by atomic mass is 16.6. The van der Waals surface area contributed by atoms with Crippen molar-refractivity contribution in [2.75, 3.05) is 7.11 Å². The van der Waals surface area contributed by atoms with E-state index in [0.29, 0.717) is 16.7 Å². The maximum absolute atomic E-state index is 12.4. The third-order valence-corrected chi connectivity index (χ3v) is 2.78. The molecule has 0 fully saturated rings. The summed E-state index contributed by atoms with van der Waals surface area (Å²) in [6.45, 7) is 5.21. The van der Waals surface area contributed by atoms with Crippen LogP contribution in [0.25, 0.3) is 10.9 Å². The molecule has 0 atom stereocenters. The van der Waals surface area contributed by atoms with Crippen LogP contribution in [0.3, 0.4) is 0 Å². The molecule has 7 nitrogen and oxygen atoms in total. The van der Waals surface area contributed by atoms with Gasteiger partial charge in [-0.15, -0.1) is 0 Å². The van der Waals surface area contributed by atoms with Crippen LogP contribution in [0.1, 0.15) is 20.8 Å². The standard InChI is InChI=1S/C14H18BNO6/c1-14(2,3)21-13(17)16-11-6-5-10(20-4)7-9(11)8-12(16)22-15(18)19/h5-8,18-19H,1-4H3. The third-order valence-electron chi connectivity index (χ3n) is 2.78. The number of aromatic nitrogens is 1. The molecule has 0 unspecified atom stereocenters. The van der Waals surface area contributed by atoms with Gasteiger partial charge in [0, 0.05) is 11.5 Å². The van der Waals surface area contributed by atoms with Crippen LogP contribution in [0, 0.1) is 0 Å². The predicted molar refractivity (Wildman–Crippen MR) is 80.9 cm³/mol. The number of benzene rings is 1. The highest BCUT2D eigenvalue weighted by Crippen LogP contribution is 2.30. The Balaban J connectivity index is 2.54. The number of ether oxygens (including phenoxy) is 2. The average Bonchev–Trinajstić information content (AvgIpc) is 2.72. The first-order valence-electron chi connectivity index (χ1n) is 6.67. The highest BCUT2D eigenvalue weighted by molar-refractivity contribution is 6.33. The average molecular weight is 307 g/mol. The largest absolute Gasteiger partial charge is 0.708 e. The molecule has 1 heterocycles. The zero-order chi connectivity index (χ0) is 16.5. The van der Waals surface area contributed by atoms with Crippen LogP contribution < -0.4 is 9.39 Å². The molecule has 22 heavy (non-hydrogen) atoms. The first-order valence-corrected chi connectivity index (χ1v) is 6.67. The number of carbonyl (C=O) groups excluding carboxylic acids is 1. The Hall–Kier alpha value is -2.19. The normalized spacial score (nSPS) is 11.4. The van der Waals surface area contributed by atoms with Gasteiger partial charge in [0.2, 0.25) is 0 Å². The monoisotopic (exact) mass is 307 g/mol. The number of methoxy groups -OCH3 is 1. The van der Waals surface area contributed by atoms with E-state index in [2.05, 4.69) is 0 Å². The Morgan fingerprint density at radius 2 is 1.91 bits per heavy atom. The molecule has 0 saturated heterocycles. The Labute approximate surface area is 128 Å². The van der Waals surface area contributed by atoms with E-state index in [1.807, 2.05) is 0 Å². The van der Waals surface area contributed by atoms with Gasteiger partial charge in [-0.25, -0.2) is 9.36 Å². The van der Waals surface area contributed by atoms with Crippen molar-refractivity contribution in [2.45, 2.75) is 26.4 Å². The summed E-state index contributed by atoms with van der Waals surface area (Å²) in [7, 11) is -0.520. The van der Waals surface area contributed by atoms with E-state index < -0.39 is 19.0 Å². The lowest BCUT2D eigenvalue weighted by Gasteiger charge is -2.20. The lowest BCUT2D eigenvalue weighted by Crippen LogP contribution is -2.29. The first kappa shape index (κ1) is 16.2. The van der Waals surface area contributed by atoms with Gasteiger partial charge in [0.1, 0.15) is 11.4 Å². The minimum absolute atomic E-state index is 0.0347. The summed E-state index contributed by atoms with van der Waals surface area (Å²) >= 11 is 0. The molecule has 0 bridgehead atoms. The van der Waals surface area contributed by atoms with Crippen molar-refractivity contribution in [1.29, 1.82) is 0 Å². The SMILES string of the molecule is COc1ccc2c(c1)cc(OB(O)O)n2C(=O)OC(C)(C)C. The summed E-state index contributed by atoms with van der Waals surface area (Å²) in [5.41, 5.74) is -0.194. The molecule has 0 radical (unpaired) electrons. The fraction of sp³-hybridized carbons (Fsp3) is 0.357. The van der Waals surface area contributed by atoms with Gasteiger partial charge in [0.05, 0.1) is 12.6 Å². The Morgan fingerprint density at radius 1 is 1.23 bits per heavy atom. The van der Waals surface area contributed by atoms with E-state index in [4.69, 9.17) is 24.2 Å². The molecular weight excluding hydrogens is 289 g/mol. The Morgan fingerprint density at radius 3 is 2.45 bits per heavy atom. The van der Waals surface area contributed by atoms with E-state index in [0.717, 1.165) is 4.57 Å². The summed E-state index contributed by atoms with van der Waals surface area (Å²) in [6.07, 6.45) is -0.677. The second-order valence-corrected chi connectivity index (χ2v) is 5.67. The van der Waals surface area contributed by atoms with Gasteiger partial charge in [-0.3, -0.25) is 0 Å². The highest BCUT2D eigenvalue weighted by Gasteiger charge is 2.25. The molecule has 0 aliphatic rings. The summed E-state index contributed by atoms with van der Waals surface area (Å²) in [5.74, 6) is 0.567. The van der Waals surface area contributed by atoms with Crippen molar-refractivity contribution in [2.24, 2.45) is 0 Å². The number of hydrogen-bond acceptors (Lipinski definition) is 6. The van der Waals surface area contributed by atoms with Crippen molar-refractivity contribution in [3.8, 4) is 11.6 Å². The van der Waals surface area contributed by atoms with Crippen LogP contribution in [0.5, 0.6) is 11.6 Å². The number of hydrogen-bond donors (Lipinski definition) is 2. The molecule has 2 rings (SSSR count). The third kappa shape index (κ3) is 3.52. The molecule has 2 aromatic rings. The lowest BCUT2D eigenvalue weighted by atomic mass is 10.2. The molecule has 8 heteroatoms. The van der Waals surface area contributed by atoms with E-state index in [9.17, 15) is 4.79 Å². The fourth-order valence-corrected chi connectivity index (χ4v) is 1.99. The summed E-state index contributed by atoms with van der Waals surface area (Å²) in [4.78, 5) is 12.4. The lowest BCUT2D eigenvalue weighted by molar-refractivity contribution is 0.0535. The van der Waals surface area contributed by atoms with Crippen LogP contribution in [0.2, 0.25) is 0 Å². The summed E-state index contributed by atoms with van der Waals surface area (Å²) in [6, 6.07) is 6.55. The second-order valence-electron chi connectivity index (χ2n) is 5.67. The molecule has 0 aliphatic heterocycles. The topological polar surface area (TPSA) is 90.2 Å². The molecule has 0 saturated carbocycles. The molecule has 1 aromatic carbocycles. The van der Waals surface area contributed by atoms with Gasteiger partial charge in [0.25, 0.3) is 0 Å². The molecular formula is C14H18BNO6. The predicted octanol–water partition coefficient (Wildman–Crippen LogP) is 1.78. The minimum Gasteiger partial charge on any atom is -0.498 e. The van der Waals surface area contributed by atoms with Gasteiger partial charge >= 0.3 is 13.4 Å². The van der Waals surface area contributed by atoms with Crippen molar-refractivity contribution in [3.05, 3.63) is 24.3 Å². The van der Waals surface area contributed by atoms with Gasteiger partial charge < -0.3 is 24.2 Å². The number of carbonyl (C=O) groups is 1.